The molecule has 2 aliphatic rings. The summed E-state index contributed by atoms with van der Waals surface area (Å²) in [5.74, 6) is 0.158. The molecule has 1 unspecified atom stereocenters. The number of sulfone groups is 1. The van der Waals surface area contributed by atoms with E-state index in [1.165, 1.54) is 0 Å². The van der Waals surface area contributed by atoms with Crippen molar-refractivity contribution in [1.29, 1.82) is 0 Å². The third kappa shape index (κ3) is 1.91. The number of rotatable bonds is 1. The molecule has 90 valence electrons. The van der Waals surface area contributed by atoms with Gasteiger partial charge >= 0.3 is 0 Å². The first-order valence-corrected chi connectivity index (χ1v) is 7.14. The molecule has 0 saturated carbocycles. The lowest BCUT2D eigenvalue weighted by Crippen LogP contribution is -2.55. The highest BCUT2D eigenvalue weighted by atomic mass is 32.2. The SMILES string of the molecule is CCN=C1NC(=O)C2(CCCS(=O)(=O)C2)N1. The van der Waals surface area contributed by atoms with Crippen molar-refractivity contribution in [3.8, 4) is 0 Å². The predicted molar refractivity (Wildman–Crippen MR) is 59.9 cm³/mol. The molecule has 1 atom stereocenters. The van der Waals surface area contributed by atoms with Crippen LogP contribution in [0.1, 0.15) is 19.8 Å². The van der Waals surface area contributed by atoms with Crippen molar-refractivity contribution >= 4 is 21.7 Å². The van der Waals surface area contributed by atoms with Gasteiger partial charge in [0.1, 0.15) is 5.54 Å². The highest BCUT2D eigenvalue weighted by molar-refractivity contribution is 7.91. The largest absolute Gasteiger partial charge is 0.341 e. The molecule has 0 radical (unpaired) electrons. The average Bonchev–Trinajstić information content (AvgIpc) is 2.41. The molecule has 2 aliphatic heterocycles. The molecule has 1 amide bonds. The lowest BCUT2D eigenvalue weighted by molar-refractivity contribution is -0.123. The minimum Gasteiger partial charge on any atom is -0.341 e. The summed E-state index contributed by atoms with van der Waals surface area (Å²) in [6.45, 7) is 2.40. The third-order valence-corrected chi connectivity index (χ3v) is 4.71. The van der Waals surface area contributed by atoms with Crippen LogP contribution in [0, 0.1) is 0 Å². The summed E-state index contributed by atoms with van der Waals surface area (Å²) in [5.41, 5.74) is -0.981. The number of amides is 1. The summed E-state index contributed by atoms with van der Waals surface area (Å²) in [4.78, 5) is 15.9. The van der Waals surface area contributed by atoms with Crippen LogP contribution in [0.5, 0.6) is 0 Å². The quantitative estimate of drug-likeness (QED) is 0.622. The zero-order valence-electron chi connectivity index (χ0n) is 9.12. The number of nitrogens with one attached hydrogen (secondary N) is 2. The number of carbonyl (C=O) groups is 1. The highest BCUT2D eigenvalue weighted by Gasteiger charge is 2.49. The third-order valence-electron chi connectivity index (χ3n) is 2.87. The van der Waals surface area contributed by atoms with Crippen molar-refractivity contribution in [3.63, 3.8) is 0 Å². The van der Waals surface area contributed by atoms with Gasteiger partial charge in [0.05, 0.1) is 11.5 Å². The van der Waals surface area contributed by atoms with Crippen LogP contribution < -0.4 is 10.6 Å². The Morgan fingerprint density at radius 1 is 1.50 bits per heavy atom. The zero-order valence-corrected chi connectivity index (χ0v) is 9.93. The maximum absolute atomic E-state index is 11.8. The minimum absolute atomic E-state index is 0.130. The van der Waals surface area contributed by atoms with Gasteiger partial charge in [-0.3, -0.25) is 15.1 Å². The van der Waals surface area contributed by atoms with E-state index >= 15 is 0 Å². The smallest absolute Gasteiger partial charge is 0.253 e. The van der Waals surface area contributed by atoms with E-state index < -0.39 is 15.4 Å². The van der Waals surface area contributed by atoms with Crippen LogP contribution in [0.4, 0.5) is 0 Å². The zero-order chi connectivity index (χ0) is 11.8. The van der Waals surface area contributed by atoms with Gasteiger partial charge in [0, 0.05) is 6.54 Å². The van der Waals surface area contributed by atoms with Crippen LogP contribution in [0.2, 0.25) is 0 Å². The number of hydrogen-bond acceptors (Lipinski definition) is 4. The van der Waals surface area contributed by atoms with Gasteiger partial charge in [0.15, 0.2) is 15.8 Å². The molecule has 2 fully saturated rings. The number of carbonyl (C=O) groups excluding carboxylic acids is 1. The molecule has 2 saturated heterocycles. The molecule has 0 aromatic carbocycles. The first-order valence-electron chi connectivity index (χ1n) is 5.32. The summed E-state index contributed by atoms with van der Waals surface area (Å²) in [6.07, 6.45) is 1.06. The van der Waals surface area contributed by atoms with Crippen LogP contribution >= 0.6 is 0 Å². The predicted octanol–water partition coefficient (Wildman–Crippen LogP) is -0.971. The van der Waals surface area contributed by atoms with E-state index in [0.29, 0.717) is 25.3 Å². The monoisotopic (exact) mass is 245 g/mol. The molecular weight excluding hydrogens is 230 g/mol. The summed E-state index contributed by atoms with van der Waals surface area (Å²) in [6, 6.07) is 0. The maximum Gasteiger partial charge on any atom is 0.253 e. The Labute approximate surface area is 94.4 Å². The van der Waals surface area contributed by atoms with E-state index in [9.17, 15) is 13.2 Å². The molecule has 2 heterocycles. The van der Waals surface area contributed by atoms with Crippen LogP contribution in [-0.4, -0.2) is 43.9 Å². The Morgan fingerprint density at radius 2 is 2.25 bits per heavy atom. The molecule has 0 aromatic rings. The van der Waals surface area contributed by atoms with Crippen molar-refractivity contribution in [3.05, 3.63) is 0 Å². The fourth-order valence-corrected chi connectivity index (χ4v) is 4.00. The Bertz CT molecular complexity index is 443. The molecule has 1 spiro atoms. The molecule has 2 N–H and O–H groups in total. The summed E-state index contributed by atoms with van der Waals surface area (Å²) in [7, 11) is -3.12. The Balaban J connectivity index is 2.26. The Hall–Kier alpha value is -1.11. The summed E-state index contributed by atoms with van der Waals surface area (Å²) < 4.78 is 23.1. The lowest BCUT2D eigenvalue weighted by Gasteiger charge is -2.29. The average molecular weight is 245 g/mol. The normalized spacial score (nSPS) is 35.1. The second-order valence-corrected chi connectivity index (χ2v) is 6.36. The van der Waals surface area contributed by atoms with Gasteiger partial charge in [-0.15, -0.1) is 0 Å². The first kappa shape index (κ1) is 11.4. The number of guanidine groups is 1. The van der Waals surface area contributed by atoms with E-state index in [2.05, 4.69) is 15.6 Å². The molecule has 16 heavy (non-hydrogen) atoms. The topological polar surface area (TPSA) is 87.6 Å². The highest BCUT2D eigenvalue weighted by Crippen LogP contribution is 2.25. The van der Waals surface area contributed by atoms with Gasteiger partial charge in [0.2, 0.25) is 0 Å². The number of nitrogens with zero attached hydrogens (tertiary/aromatic N) is 1. The van der Waals surface area contributed by atoms with Gasteiger partial charge in [-0.2, -0.15) is 0 Å². The van der Waals surface area contributed by atoms with Crippen LogP contribution in [0.15, 0.2) is 4.99 Å². The standard InChI is InChI=1S/C9H15N3O3S/c1-2-10-8-11-7(13)9(12-8)4-3-5-16(14,15)6-9/h2-6H2,1H3,(H2,10,11,12,13). The number of aliphatic imine (C=N–C) groups is 1. The molecule has 0 aliphatic carbocycles. The Kier molecular flexibility index (Phi) is 2.65. The van der Waals surface area contributed by atoms with Crippen molar-refractivity contribution in [2.24, 2.45) is 4.99 Å². The first-order chi connectivity index (χ1) is 7.47. The van der Waals surface area contributed by atoms with E-state index in [-0.39, 0.29) is 17.4 Å². The lowest BCUT2D eigenvalue weighted by atomic mass is 9.96. The van der Waals surface area contributed by atoms with Crippen LogP contribution in [0.25, 0.3) is 0 Å². The van der Waals surface area contributed by atoms with E-state index in [1.54, 1.807) is 0 Å². The van der Waals surface area contributed by atoms with Gasteiger partial charge in [-0.1, -0.05) is 0 Å². The fraction of sp³-hybridized carbons (Fsp3) is 0.778. The second kappa shape index (κ2) is 3.73. The van der Waals surface area contributed by atoms with Crippen molar-refractivity contribution in [1.82, 2.24) is 10.6 Å². The van der Waals surface area contributed by atoms with Gasteiger partial charge in [-0.25, -0.2) is 8.42 Å². The van der Waals surface area contributed by atoms with Crippen LogP contribution in [-0.2, 0) is 14.6 Å². The fourth-order valence-electron chi connectivity index (χ4n) is 2.17. The molecule has 7 heteroatoms. The minimum atomic E-state index is -3.12. The molecule has 6 nitrogen and oxygen atoms in total. The van der Waals surface area contributed by atoms with Gasteiger partial charge < -0.3 is 5.32 Å². The Morgan fingerprint density at radius 3 is 2.88 bits per heavy atom. The summed E-state index contributed by atoms with van der Waals surface area (Å²) in [5, 5.41) is 5.51. The van der Waals surface area contributed by atoms with Gasteiger partial charge in [-0.05, 0) is 19.8 Å². The van der Waals surface area contributed by atoms with Crippen molar-refractivity contribution in [2.45, 2.75) is 25.3 Å². The van der Waals surface area contributed by atoms with E-state index in [1.807, 2.05) is 6.92 Å². The maximum atomic E-state index is 11.8. The van der Waals surface area contributed by atoms with E-state index in [4.69, 9.17) is 0 Å². The van der Waals surface area contributed by atoms with Crippen LogP contribution in [0.3, 0.4) is 0 Å². The second-order valence-electron chi connectivity index (χ2n) is 4.18. The van der Waals surface area contributed by atoms with Gasteiger partial charge in [0.25, 0.3) is 5.91 Å². The molecule has 0 aromatic heterocycles. The molecule has 2 rings (SSSR count). The summed E-state index contributed by atoms with van der Waals surface area (Å²) >= 11 is 0. The number of hydrogen-bond donors (Lipinski definition) is 2. The van der Waals surface area contributed by atoms with Crippen molar-refractivity contribution in [2.75, 3.05) is 18.1 Å². The van der Waals surface area contributed by atoms with Crippen molar-refractivity contribution < 1.29 is 13.2 Å². The van der Waals surface area contributed by atoms with E-state index in [0.717, 1.165) is 0 Å². The molecular formula is C9H15N3O3S. The molecule has 0 bridgehead atoms.